The Bertz CT molecular complexity index is 218. The zero-order valence-electron chi connectivity index (χ0n) is 8.18. The van der Waals surface area contributed by atoms with Gasteiger partial charge in [-0.25, -0.2) is 0 Å². The molecule has 0 spiro atoms. The Morgan fingerprint density at radius 1 is 1.38 bits per heavy atom. The van der Waals surface area contributed by atoms with Crippen LogP contribution in [-0.4, -0.2) is 20.9 Å². The van der Waals surface area contributed by atoms with E-state index >= 15 is 0 Å². The van der Waals surface area contributed by atoms with E-state index in [-0.39, 0.29) is 33.3 Å². The van der Waals surface area contributed by atoms with Gasteiger partial charge in [0.15, 0.2) is 0 Å². The fourth-order valence-corrected chi connectivity index (χ4v) is 3.77. The summed E-state index contributed by atoms with van der Waals surface area (Å²) in [7, 11) is 0. The molecule has 5 heteroatoms. The monoisotopic (exact) mass is 243 g/mol. The lowest BCUT2D eigenvalue weighted by Gasteiger charge is -2.21. The zero-order chi connectivity index (χ0) is 9.57. The van der Waals surface area contributed by atoms with Gasteiger partial charge >= 0.3 is 0 Å². The van der Waals surface area contributed by atoms with Crippen LogP contribution in [0.5, 0.6) is 0 Å². The van der Waals surface area contributed by atoms with Crippen molar-refractivity contribution < 1.29 is 4.79 Å². The molecule has 0 saturated carbocycles. The van der Waals surface area contributed by atoms with Gasteiger partial charge in [-0.15, -0.1) is 24.2 Å². The fourth-order valence-electron chi connectivity index (χ4n) is 1.60. The first-order chi connectivity index (χ1) is 5.25. The van der Waals surface area contributed by atoms with Gasteiger partial charge < -0.3 is 0 Å². The molecule has 1 N–H and O–H groups in total. The molecule has 1 fully saturated rings. The zero-order valence-corrected chi connectivity index (χ0v) is 10.6. The molecule has 0 aromatic rings. The third-order valence-corrected chi connectivity index (χ3v) is 3.54. The van der Waals surface area contributed by atoms with Gasteiger partial charge in [0.1, 0.15) is 0 Å². The molecule has 0 aromatic carbocycles. The fraction of sp³-hybridized carbons (Fsp3) is 0.875. The predicted octanol–water partition coefficient (Wildman–Crippen LogP) is 2.39. The van der Waals surface area contributed by atoms with Crippen molar-refractivity contribution in [1.29, 1.82) is 0 Å². The summed E-state index contributed by atoms with van der Waals surface area (Å²) in [6, 6.07) is -0.237. The summed E-state index contributed by atoms with van der Waals surface area (Å²) in [5, 5.41) is 2.91. The van der Waals surface area contributed by atoms with E-state index in [4.69, 9.17) is 11.6 Å². The van der Waals surface area contributed by atoms with Crippen molar-refractivity contribution in [2.24, 2.45) is 0 Å². The summed E-state index contributed by atoms with van der Waals surface area (Å²) in [6.45, 7) is 8.17. The standard InChI is InChI=1S/C8H14ClNOS.ClH/c1-7(2)5(6(9)11)10-8(3,4)12-7;/h5,10H,1-4H3;1H. The van der Waals surface area contributed by atoms with E-state index < -0.39 is 0 Å². The largest absolute Gasteiger partial charge is 0.291 e. The molecule has 1 heterocycles. The van der Waals surface area contributed by atoms with Crippen LogP contribution in [0.3, 0.4) is 0 Å². The molecule has 0 bridgehead atoms. The van der Waals surface area contributed by atoms with Crippen LogP contribution >= 0.6 is 35.8 Å². The molecule has 0 aliphatic carbocycles. The Balaban J connectivity index is 0.00000144. The van der Waals surface area contributed by atoms with Gasteiger partial charge in [0.25, 0.3) is 0 Å². The van der Waals surface area contributed by atoms with Crippen molar-refractivity contribution >= 4 is 41.0 Å². The SMILES string of the molecule is CC1(C)NC(C(=O)Cl)C(C)(C)S1.Cl. The highest BCUT2D eigenvalue weighted by Crippen LogP contribution is 2.44. The molecule has 1 unspecified atom stereocenters. The Morgan fingerprint density at radius 3 is 2.00 bits per heavy atom. The van der Waals surface area contributed by atoms with Gasteiger partial charge in [0, 0.05) is 4.75 Å². The first-order valence-electron chi connectivity index (χ1n) is 3.92. The van der Waals surface area contributed by atoms with Crippen LogP contribution in [-0.2, 0) is 4.79 Å². The maximum Gasteiger partial charge on any atom is 0.240 e. The lowest BCUT2D eigenvalue weighted by molar-refractivity contribution is -0.114. The lowest BCUT2D eigenvalue weighted by Crippen LogP contribution is -2.45. The molecule has 1 aliphatic heterocycles. The van der Waals surface area contributed by atoms with Crippen LogP contribution in [0.15, 0.2) is 0 Å². The maximum absolute atomic E-state index is 11.0. The van der Waals surface area contributed by atoms with Crippen molar-refractivity contribution in [3.8, 4) is 0 Å². The highest BCUT2D eigenvalue weighted by atomic mass is 35.5. The van der Waals surface area contributed by atoms with Crippen molar-refractivity contribution in [1.82, 2.24) is 5.32 Å². The number of carbonyl (C=O) groups excluding carboxylic acids is 1. The van der Waals surface area contributed by atoms with Gasteiger partial charge in [-0.3, -0.25) is 10.1 Å². The summed E-state index contributed by atoms with van der Waals surface area (Å²) in [4.78, 5) is 11.0. The molecule has 1 rings (SSSR count). The van der Waals surface area contributed by atoms with Crippen LogP contribution < -0.4 is 5.32 Å². The van der Waals surface area contributed by atoms with E-state index in [1.165, 1.54) is 0 Å². The Hall–Kier alpha value is 0.560. The second-order valence-corrected chi connectivity index (χ2v) is 6.75. The van der Waals surface area contributed by atoms with Gasteiger partial charge in [-0.2, -0.15) is 0 Å². The molecule has 2 nitrogen and oxygen atoms in total. The van der Waals surface area contributed by atoms with Crippen molar-refractivity contribution in [3.63, 3.8) is 0 Å². The second-order valence-electron chi connectivity index (χ2n) is 4.10. The molecule has 1 aliphatic rings. The van der Waals surface area contributed by atoms with Gasteiger partial charge in [-0.1, -0.05) is 0 Å². The van der Waals surface area contributed by atoms with Gasteiger partial charge in [-0.05, 0) is 39.3 Å². The summed E-state index contributed by atoms with van der Waals surface area (Å²) in [6.07, 6.45) is 0. The van der Waals surface area contributed by atoms with Crippen LogP contribution in [0.4, 0.5) is 0 Å². The maximum atomic E-state index is 11.0. The van der Waals surface area contributed by atoms with E-state index in [1.54, 1.807) is 11.8 Å². The number of hydrogen-bond acceptors (Lipinski definition) is 3. The molecule has 13 heavy (non-hydrogen) atoms. The van der Waals surface area contributed by atoms with Gasteiger partial charge in [0.05, 0.1) is 10.9 Å². The van der Waals surface area contributed by atoms with Crippen LogP contribution in [0, 0.1) is 0 Å². The predicted molar refractivity (Wildman–Crippen MR) is 60.8 cm³/mol. The molecule has 1 atom stereocenters. The third kappa shape index (κ3) is 3.01. The molecule has 0 radical (unpaired) electrons. The molecule has 0 amide bonds. The van der Waals surface area contributed by atoms with E-state index in [1.807, 2.05) is 13.8 Å². The average molecular weight is 244 g/mol. The summed E-state index contributed by atoms with van der Waals surface area (Å²) < 4.78 is -0.109. The van der Waals surface area contributed by atoms with Crippen LogP contribution in [0.1, 0.15) is 27.7 Å². The summed E-state index contributed by atoms with van der Waals surface area (Å²) in [5.74, 6) is 0. The molecule has 78 valence electrons. The number of carbonyl (C=O) groups is 1. The van der Waals surface area contributed by atoms with Crippen molar-refractivity contribution in [3.05, 3.63) is 0 Å². The molecule has 1 saturated heterocycles. The van der Waals surface area contributed by atoms with E-state index in [2.05, 4.69) is 19.2 Å². The van der Waals surface area contributed by atoms with E-state index in [0.717, 1.165) is 0 Å². The molecule has 0 aromatic heterocycles. The second kappa shape index (κ2) is 3.97. The number of halogens is 2. The molecular weight excluding hydrogens is 229 g/mol. The van der Waals surface area contributed by atoms with E-state index in [9.17, 15) is 4.79 Å². The number of hydrogen-bond donors (Lipinski definition) is 1. The summed E-state index contributed by atoms with van der Waals surface area (Å²) in [5.41, 5.74) is 0. The van der Waals surface area contributed by atoms with Crippen LogP contribution in [0.25, 0.3) is 0 Å². The molecular formula is C8H15Cl2NOS. The Morgan fingerprint density at radius 2 is 1.85 bits per heavy atom. The van der Waals surface area contributed by atoms with Crippen molar-refractivity contribution in [2.45, 2.75) is 43.4 Å². The quantitative estimate of drug-likeness (QED) is 0.718. The average Bonchev–Trinajstić information content (AvgIpc) is 1.99. The highest BCUT2D eigenvalue weighted by Gasteiger charge is 2.47. The minimum absolute atomic E-state index is 0. The number of thioether (sulfide) groups is 1. The van der Waals surface area contributed by atoms with E-state index in [0.29, 0.717) is 0 Å². The third-order valence-electron chi connectivity index (χ3n) is 1.93. The Kier molecular flexibility index (Phi) is 4.14. The first kappa shape index (κ1) is 13.6. The van der Waals surface area contributed by atoms with Crippen molar-refractivity contribution in [2.75, 3.05) is 0 Å². The topological polar surface area (TPSA) is 29.1 Å². The first-order valence-corrected chi connectivity index (χ1v) is 5.11. The minimum Gasteiger partial charge on any atom is -0.291 e. The smallest absolute Gasteiger partial charge is 0.240 e. The van der Waals surface area contributed by atoms with Gasteiger partial charge in [0.2, 0.25) is 5.24 Å². The van der Waals surface area contributed by atoms with Crippen LogP contribution in [0.2, 0.25) is 0 Å². The minimum atomic E-state index is -0.293. The number of rotatable bonds is 1. The Labute approximate surface area is 94.6 Å². The lowest BCUT2D eigenvalue weighted by atomic mass is 10.0. The summed E-state index contributed by atoms with van der Waals surface area (Å²) >= 11 is 7.23. The number of nitrogens with one attached hydrogen (secondary N) is 1. The normalized spacial score (nSPS) is 29.5. The highest BCUT2D eigenvalue weighted by molar-refractivity contribution is 8.02.